The molecule has 0 spiro atoms. The highest BCUT2D eigenvalue weighted by Gasteiger charge is 2.60. The lowest BCUT2D eigenvalue weighted by atomic mass is 10.1. The highest BCUT2D eigenvalue weighted by Crippen LogP contribution is 2.28. The Balaban J connectivity index is 2.07. The zero-order valence-electron chi connectivity index (χ0n) is 12.4. The monoisotopic (exact) mass is 360 g/mol. The number of aliphatic hydroxyl groups excluding tert-OH is 3. The lowest BCUT2D eigenvalue weighted by molar-refractivity contribution is -0.442. The Morgan fingerprint density at radius 1 is 1.46 bits per heavy atom. The van der Waals surface area contributed by atoms with Gasteiger partial charge in [-0.3, -0.25) is 15.5 Å². The maximum absolute atomic E-state index is 12.7. The van der Waals surface area contributed by atoms with Gasteiger partial charge < -0.3 is 20.1 Å². The van der Waals surface area contributed by atoms with Crippen LogP contribution in [-0.4, -0.2) is 90.9 Å². The molecule has 1 fully saturated rings. The van der Waals surface area contributed by atoms with Crippen LogP contribution in [0, 0.1) is 5.41 Å². The Morgan fingerprint density at radius 2 is 2.12 bits per heavy atom. The van der Waals surface area contributed by atoms with Gasteiger partial charge in [-0.1, -0.05) is 11.6 Å². The normalized spacial score (nSPS) is 34.5. The van der Waals surface area contributed by atoms with Crippen LogP contribution in [0.1, 0.15) is 6.92 Å². The van der Waals surface area contributed by atoms with E-state index in [0.717, 1.165) is 9.48 Å². The van der Waals surface area contributed by atoms with Crippen LogP contribution < -0.4 is 5.32 Å². The Morgan fingerprint density at radius 3 is 2.67 bits per heavy atom. The summed E-state index contributed by atoms with van der Waals surface area (Å²) in [4.78, 5) is 29.5. The maximum atomic E-state index is 12.7. The van der Waals surface area contributed by atoms with Gasteiger partial charge in [0.2, 0.25) is 12.2 Å². The lowest BCUT2D eigenvalue weighted by Gasteiger charge is -2.20. The van der Waals surface area contributed by atoms with Crippen molar-refractivity contribution in [3.63, 3.8) is 0 Å². The average Bonchev–Trinajstić information content (AvgIpc) is 2.94. The van der Waals surface area contributed by atoms with E-state index in [9.17, 15) is 24.9 Å². The second-order valence-electron chi connectivity index (χ2n) is 5.41. The van der Waals surface area contributed by atoms with Crippen molar-refractivity contribution >= 4 is 41.0 Å². The number of rotatable bonds is 3. The average molecular weight is 361 g/mol. The zero-order chi connectivity index (χ0) is 17.8. The molecule has 130 valence electrons. The van der Waals surface area contributed by atoms with Gasteiger partial charge in [-0.15, -0.1) is 4.90 Å². The van der Waals surface area contributed by atoms with Gasteiger partial charge in [-0.05, 0) is 6.92 Å². The fraction of sp³-hybridized carbons (Fsp3) is 0.583. The van der Waals surface area contributed by atoms with Crippen LogP contribution in [-0.2, 0) is 9.53 Å². The number of aliphatic imine (C=N–C) groups is 1. The number of alkyl halides is 1. The minimum Gasteiger partial charge on any atom is -0.394 e. The molecule has 3 heterocycles. The SMILES string of the molecule is CC(Cl)[N+]1=C2C(=O)NC(=N)N=C2N([C@@H]2O[C@H](CO)[C@@H](O)[C@H]2O)C1=O. The van der Waals surface area contributed by atoms with Crippen molar-refractivity contribution in [3.8, 4) is 0 Å². The number of carbonyl (C=O) groups excluding carboxylic acids is 2. The molecule has 0 saturated carbocycles. The first-order valence-electron chi connectivity index (χ1n) is 7.02. The number of hydrogen-bond donors (Lipinski definition) is 5. The van der Waals surface area contributed by atoms with E-state index in [1.54, 1.807) is 0 Å². The summed E-state index contributed by atoms with van der Waals surface area (Å²) in [5.74, 6) is -1.46. The molecule has 11 nitrogen and oxygen atoms in total. The van der Waals surface area contributed by atoms with Crippen molar-refractivity contribution in [2.75, 3.05) is 6.61 Å². The molecule has 3 aliphatic rings. The smallest absolute Gasteiger partial charge is 0.394 e. The van der Waals surface area contributed by atoms with Crippen LogP contribution in [0.15, 0.2) is 4.99 Å². The summed E-state index contributed by atoms with van der Waals surface area (Å²) in [5.41, 5.74) is -1.10. The second kappa shape index (κ2) is 5.86. The van der Waals surface area contributed by atoms with Gasteiger partial charge in [-0.2, -0.15) is 14.4 Å². The maximum Gasteiger partial charge on any atom is 0.504 e. The van der Waals surface area contributed by atoms with Crippen molar-refractivity contribution in [2.24, 2.45) is 4.99 Å². The van der Waals surface area contributed by atoms with E-state index in [2.05, 4.69) is 10.3 Å². The summed E-state index contributed by atoms with van der Waals surface area (Å²) in [5, 5.41) is 38.9. The van der Waals surface area contributed by atoms with Gasteiger partial charge in [0.15, 0.2) is 5.50 Å². The van der Waals surface area contributed by atoms with Crippen LogP contribution in [0.2, 0.25) is 0 Å². The highest BCUT2D eigenvalue weighted by atomic mass is 35.5. The van der Waals surface area contributed by atoms with E-state index >= 15 is 0 Å². The molecule has 3 rings (SSSR count). The molecule has 3 amide bonds. The number of halogens is 1. The standard InChI is InChI=1S/C12H14ClN5O6/c1-3(13)17-5-8(15-11(14)16-9(5)22)18(12(17)23)10-7(21)6(20)4(2-19)24-10/h3-4,6-7,10,19-21H,2H2,1H3,(H-,14,16,22)/p+1/t3?,4-,6-,7-,10-/m1/s1. The summed E-state index contributed by atoms with van der Waals surface area (Å²) in [7, 11) is 0. The summed E-state index contributed by atoms with van der Waals surface area (Å²) in [6.45, 7) is 0.879. The largest absolute Gasteiger partial charge is 0.504 e. The minimum absolute atomic E-state index is 0.184. The van der Waals surface area contributed by atoms with E-state index in [0.29, 0.717) is 0 Å². The number of amides is 3. The molecule has 1 saturated heterocycles. The van der Waals surface area contributed by atoms with Gasteiger partial charge in [0, 0.05) is 0 Å². The zero-order valence-corrected chi connectivity index (χ0v) is 13.1. The first-order chi connectivity index (χ1) is 11.3. The van der Waals surface area contributed by atoms with Crippen molar-refractivity contribution in [1.82, 2.24) is 10.2 Å². The first-order valence-corrected chi connectivity index (χ1v) is 7.46. The molecule has 0 radical (unpaired) electrons. The quantitative estimate of drug-likeness (QED) is 0.210. The number of nitrogens with zero attached hydrogens (tertiary/aromatic N) is 3. The molecule has 5 N–H and O–H groups in total. The third-order valence-electron chi connectivity index (χ3n) is 3.89. The van der Waals surface area contributed by atoms with Crippen molar-refractivity contribution in [2.45, 2.75) is 37.0 Å². The molecule has 24 heavy (non-hydrogen) atoms. The molecule has 0 aromatic rings. The topological polar surface area (TPSA) is 159 Å². The Hall–Kier alpha value is -1.92. The van der Waals surface area contributed by atoms with Crippen LogP contribution in [0.5, 0.6) is 0 Å². The Kier molecular flexibility index (Phi) is 4.13. The van der Waals surface area contributed by atoms with Gasteiger partial charge >= 0.3 is 11.9 Å². The summed E-state index contributed by atoms with van der Waals surface area (Å²) < 4.78 is 6.27. The molecule has 5 atom stereocenters. The predicted octanol–water partition coefficient (Wildman–Crippen LogP) is -2.64. The van der Waals surface area contributed by atoms with E-state index < -0.39 is 54.5 Å². The van der Waals surface area contributed by atoms with Crippen LogP contribution in [0.4, 0.5) is 4.79 Å². The van der Waals surface area contributed by atoms with Crippen LogP contribution >= 0.6 is 11.6 Å². The molecule has 0 bridgehead atoms. The second-order valence-corrected chi connectivity index (χ2v) is 6.04. The van der Waals surface area contributed by atoms with Gasteiger partial charge in [0.05, 0.1) is 6.61 Å². The molecule has 1 unspecified atom stereocenters. The summed E-state index contributed by atoms with van der Waals surface area (Å²) in [6.07, 6.45) is -5.48. The van der Waals surface area contributed by atoms with Gasteiger partial charge in [-0.25, -0.2) is 0 Å². The van der Waals surface area contributed by atoms with E-state index in [4.69, 9.17) is 21.7 Å². The summed E-state index contributed by atoms with van der Waals surface area (Å²) in [6, 6.07) is -0.800. The van der Waals surface area contributed by atoms with Crippen LogP contribution in [0.3, 0.4) is 0 Å². The molecule has 12 heteroatoms. The van der Waals surface area contributed by atoms with Crippen molar-refractivity contribution in [3.05, 3.63) is 0 Å². The number of fused-ring (bicyclic) bond motifs is 1. The first kappa shape index (κ1) is 16.9. The predicted molar refractivity (Wildman–Crippen MR) is 78.9 cm³/mol. The lowest BCUT2D eigenvalue weighted by Crippen LogP contribution is -2.53. The van der Waals surface area contributed by atoms with E-state index in [1.165, 1.54) is 6.92 Å². The number of hydrogen-bond acceptors (Lipinski definition) is 7. The number of aliphatic hydroxyl groups is 3. The number of guanidine groups is 1. The van der Waals surface area contributed by atoms with Gasteiger partial charge in [0.25, 0.3) is 11.5 Å². The van der Waals surface area contributed by atoms with Crippen molar-refractivity contribution in [1.29, 1.82) is 5.41 Å². The molecule has 3 aliphatic heterocycles. The fourth-order valence-electron chi connectivity index (χ4n) is 2.80. The summed E-state index contributed by atoms with van der Waals surface area (Å²) >= 11 is 5.97. The molecule has 0 aromatic carbocycles. The number of ether oxygens (including phenoxy) is 1. The van der Waals surface area contributed by atoms with Gasteiger partial charge in [0.1, 0.15) is 18.3 Å². The molecule has 0 aliphatic carbocycles. The molecule has 0 aromatic heterocycles. The van der Waals surface area contributed by atoms with E-state index in [1.807, 2.05) is 0 Å². The Labute approximate surface area is 140 Å². The third-order valence-corrected chi connectivity index (χ3v) is 4.08. The Bertz CT molecular complexity index is 691. The number of amidine groups is 1. The number of urea groups is 1. The molecular weight excluding hydrogens is 346 g/mol. The van der Waals surface area contributed by atoms with Crippen molar-refractivity contribution < 1.29 is 34.2 Å². The highest BCUT2D eigenvalue weighted by molar-refractivity contribution is 6.70. The van der Waals surface area contributed by atoms with Crippen LogP contribution in [0.25, 0.3) is 0 Å². The fourth-order valence-corrected chi connectivity index (χ4v) is 2.98. The third kappa shape index (κ3) is 2.32. The molecular formula is C12H15ClN5O6+. The minimum atomic E-state index is -1.54. The van der Waals surface area contributed by atoms with E-state index in [-0.39, 0.29) is 11.5 Å². The number of nitrogens with one attached hydrogen (secondary N) is 2. The number of carbonyl (C=O) groups is 2.